The molecule has 1 amide bonds. The molecule has 2 rings (SSSR count). The molecule has 3 nitrogen and oxygen atoms in total. The molecule has 2 atom stereocenters. The first-order valence-electron chi connectivity index (χ1n) is 7.50. The van der Waals surface area contributed by atoms with Gasteiger partial charge in [-0.2, -0.15) is 0 Å². The summed E-state index contributed by atoms with van der Waals surface area (Å²) in [5.74, 6) is 1.04. The maximum atomic E-state index is 12.5. The summed E-state index contributed by atoms with van der Waals surface area (Å²) in [6.45, 7) is 2.12. The summed E-state index contributed by atoms with van der Waals surface area (Å²) < 4.78 is 0. The molecule has 1 aliphatic rings. The maximum Gasteiger partial charge on any atom is 0.229 e. The van der Waals surface area contributed by atoms with Gasteiger partial charge >= 0.3 is 0 Å². The van der Waals surface area contributed by atoms with Crippen molar-refractivity contribution in [3.63, 3.8) is 0 Å². The van der Waals surface area contributed by atoms with Crippen molar-refractivity contribution in [2.45, 2.75) is 50.0 Å². The quantitative estimate of drug-likeness (QED) is 0.658. The number of nitrogens with two attached hydrogens (primary N) is 1. The lowest BCUT2D eigenvalue weighted by Crippen LogP contribution is -2.37. The lowest BCUT2D eigenvalue weighted by Gasteiger charge is -2.21. The van der Waals surface area contributed by atoms with E-state index < -0.39 is 0 Å². The Hall–Kier alpha value is -1.00. The lowest BCUT2D eigenvalue weighted by atomic mass is 9.94. The van der Waals surface area contributed by atoms with E-state index in [1.807, 2.05) is 18.2 Å². The average molecular weight is 292 g/mol. The van der Waals surface area contributed by atoms with Crippen LogP contribution in [0.2, 0.25) is 0 Å². The normalized spacial score (nSPS) is 23.1. The van der Waals surface area contributed by atoms with Crippen molar-refractivity contribution in [1.29, 1.82) is 0 Å². The van der Waals surface area contributed by atoms with Crippen LogP contribution in [0.15, 0.2) is 29.2 Å². The Balaban J connectivity index is 2.06. The molecule has 110 valence electrons. The highest BCUT2D eigenvalue weighted by atomic mass is 32.2. The van der Waals surface area contributed by atoms with Crippen molar-refractivity contribution in [3.8, 4) is 0 Å². The second-order valence-corrected chi connectivity index (χ2v) is 6.63. The molecule has 1 aromatic carbocycles. The summed E-state index contributed by atoms with van der Waals surface area (Å²) in [6.07, 6.45) is 5.32. The number of hydrogen-bond donors (Lipinski definition) is 2. The molecule has 0 bridgehead atoms. The van der Waals surface area contributed by atoms with Gasteiger partial charge in [-0.25, -0.2) is 0 Å². The van der Waals surface area contributed by atoms with Crippen LogP contribution in [0.1, 0.15) is 39.0 Å². The molecule has 1 aliphatic carbocycles. The largest absolute Gasteiger partial charge is 0.327 e. The third kappa shape index (κ3) is 4.00. The second-order valence-electron chi connectivity index (χ2n) is 5.33. The number of para-hydroxylation sites is 1. The van der Waals surface area contributed by atoms with Crippen LogP contribution in [0, 0.1) is 5.92 Å². The van der Waals surface area contributed by atoms with Crippen molar-refractivity contribution >= 4 is 23.4 Å². The highest BCUT2D eigenvalue weighted by molar-refractivity contribution is 7.99. The SMILES string of the molecule is CCSc1ccccc1NC(=O)C1CCCCCC1N. The first-order valence-corrected chi connectivity index (χ1v) is 8.49. The van der Waals surface area contributed by atoms with E-state index in [0.29, 0.717) is 0 Å². The van der Waals surface area contributed by atoms with Crippen molar-refractivity contribution in [1.82, 2.24) is 0 Å². The molecule has 20 heavy (non-hydrogen) atoms. The topological polar surface area (TPSA) is 55.1 Å². The molecule has 0 aliphatic heterocycles. The van der Waals surface area contributed by atoms with E-state index in [9.17, 15) is 4.79 Å². The van der Waals surface area contributed by atoms with Crippen LogP contribution in [0.5, 0.6) is 0 Å². The molecule has 2 unspecified atom stereocenters. The number of nitrogens with one attached hydrogen (secondary N) is 1. The van der Waals surface area contributed by atoms with E-state index in [1.54, 1.807) is 11.8 Å². The van der Waals surface area contributed by atoms with Gasteiger partial charge < -0.3 is 11.1 Å². The van der Waals surface area contributed by atoms with Gasteiger partial charge in [0.05, 0.1) is 11.6 Å². The number of hydrogen-bond acceptors (Lipinski definition) is 3. The van der Waals surface area contributed by atoms with Crippen LogP contribution >= 0.6 is 11.8 Å². The zero-order chi connectivity index (χ0) is 14.4. The highest BCUT2D eigenvalue weighted by Gasteiger charge is 2.27. The summed E-state index contributed by atoms with van der Waals surface area (Å²) >= 11 is 1.75. The zero-order valence-electron chi connectivity index (χ0n) is 12.1. The predicted octanol–water partition coefficient (Wildman–Crippen LogP) is 3.64. The monoisotopic (exact) mass is 292 g/mol. The van der Waals surface area contributed by atoms with E-state index in [0.717, 1.165) is 42.0 Å². The third-order valence-corrected chi connectivity index (χ3v) is 4.81. The minimum atomic E-state index is -0.0443. The Kier molecular flexibility index (Phi) is 5.92. The Bertz CT molecular complexity index is 450. The minimum Gasteiger partial charge on any atom is -0.327 e. The highest BCUT2D eigenvalue weighted by Crippen LogP contribution is 2.29. The van der Waals surface area contributed by atoms with Gasteiger partial charge in [0.1, 0.15) is 0 Å². The van der Waals surface area contributed by atoms with Crippen molar-refractivity contribution in [3.05, 3.63) is 24.3 Å². The number of carbonyl (C=O) groups is 1. The van der Waals surface area contributed by atoms with Gasteiger partial charge in [-0.05, 0) is 30.7 Å². The van der Waals surface area contributed by atoms with E-state index in [4.69, 9.17) is 5.73 Å². The summed E-state index contributed by atoms with van der Waals surface area (Å²) in [7, 11) is 0. The van der Waals surface area contributed by atoms with Crippen LogP contribution in [-0.4, -0.2) is 17.7 Å². The molecule has 1 saturated carbocycles. The molecular weight excluding hydrogens is 268 g/mol. The molecule has 0 spiro atoms. The fourth-order valence-corrected chi connectivity index (χ4v) is 3.50. The molecule has 1 aromatic rings. The Morgan fingerprint density at radius 3 is 2.85 bits per heavy atom. The van der Waals surface area contributed by atoms with Gasteiger partial charge in [0, 0.05) is 10.9 Å². The summed E-state index contributed by atoms with van der Waals surface area (Å²) in [5, 5.41) is 3.08. The fourth-order valence-electron chi connectivity index (χ4n) is 2.74. The molecule has 0 radical (unpaired) electrons. The number of anilines is 1. The van der Waals surface area contributed by atoms with Gasteiger partial charge in [-0.3, -0.25) is 4.79 Å². The fraction of sp³-hybridized carbons (Fsp3) is 0.562. The second kappa shape index (κ2) is 7.70. The molecule has 3 N–H and O–H groups in total. The molecule has 0 aromatic heterocycles. The zero-order valence-corrected chi connectivity index (χ0v) is 12.9. The van der Waals surface area contributed by atoms with E-state index in [1.165, 1.54) is 6.42 Å². The van der Waals surface area contributed by atoms with Gasteiger partial charge in [0.15, 0.2) is 0 Å². The minimum absolute atomic E-state index is 0.00323. The smallest absolute Gasteiger partial charge is 0.229 e. The maximum absolute atomic E-state index is 12.5. The number of carbonyl (C=O) groups excluding carboxylic acids is 1. The molecule has 4 heteroatoms. The van der Waals surface area contributed by atoms with Crippen molar-refractivity contribution < 1.29 is 4.79 Å². The van der Waals surface area contributed by atoms with Gasteiger partial charge in [0.2, 0.25) is 5.91 Å². The van der Waals surface area contributed by atoms with Crippen LogP contribution in [0.4, 0.5) is 5.69 Å². The van der Waals surface area contributed by atoms with Gasteiger partial charge in [-0.1, -0.05) is 38.3 Å². The van der Waals surface area contributed by atoms with E-state index in [2.05, 4.69) is 18.3 Å². The number of rotatable bonds is 4. The standard InChI is InChI=1S/C16H24N2OS/c1-2-20-15-11-7-6-10-14(15)18-16(19)12-8-4-3-5-9-13(12)17/h6-7,10-13H,2-5,8-9,17H2,1H3,(H,18,19). The van der Waals surface area contributed by atoms with Crippen LogP contribution in [-0.2, 0) is 4.79 Å². The first kappa shape index (κ1) is 15.4. The third-order valence-electron chi connectivity index (χ3n) is 3.85. The summed E-state index contributed by atoms with van der Waals surface area (Å²) in [6, 6.07) is 7.99. The molecule has 1 fully saturated rings. The Morgan fingerprint density at radius 1 is 1.30 bits per heavy atom. The van der Waals surface area contributed by atoms with Crippen LogP contribution < -0.4 is 11.1 Å². The van der Waals surface area contributed by atoms with Crippen LogP contribution in [0.25, 0.3) is 0 Å². The summed E-state index contributed by atoms with van der Waals surface area (Å²) in [5.41, 5.74) is 7.08. The number of thioether (sulfide) groups is 1. The van der Waals surface area contributed by atoms with Gasteiger partial charge in [0.25, 0.3) is 0 Å². The van der Waals surface area contributed by atoms with E-state index >= 15 is 0 Å². The van der Waals surface area contributed by atoms with Crippen molar-refractivity contribution in [2.24, 2.45) is 11.7 Å². The lowest BCUT2D eigenvalue weighted by molar-refractivity contribution is -0.120. The molecule has 0 heterocycles. The summed E-state index contributed by atoms with van der Waals surface area (Å²) in [4.78, 5) is 13.6. The Labute approximate surface area is 125 Å². The van der Waals surface area contributed by atoms with E-state index in [-0.39, 0.29) is 17.9 Å². The first-order chi connectivity index (χ1) is 9.72. The van der Waals surface area contributed by atoms with Crippen LogP contribution in [0.3, 0.4) is 0 Å². The van der Waals surface area contributed by atoms with Gasteiger partial charge in [-0.15, -0.1) is 11.8 Å². The van der Waals surface area contributed by atoms with Crippen molar-refractivity contribution in [2.75, 3.05) is 11.1 Å². The number of benzene rings is 1. The predicted molar refractivity (Wildman–Crippen MR) is 86.0 cm³/mol. The molecular formula is C16H24N2OS. The Morgan fingerprint density at radius 2 is 2.05 bits per heavy atom. The average Bonchev–Trinajstić information content (AvgIpc) is 2.66. The molecule has 0 saturated heterocycles. The number of amides is 1.